The molecule has 0 saturated heterocycles. The van der Waals surface area contributed by atoms with Crippen molar-refractivity contribution in [2.45, 2.75) is 64.5 Å². The van der Waals surface area contributed by atoms with Gasteiger partial charge in [-0.05, 0) is 37.3 Å². The highest BCUT2D eigenvalue weighted by molar-refractivity contribution is 7.59. The van der Waals surface area contributed by atoms with E-state index in [1.165, 1.54) is 0 Å². The molecular formula is C18H34Cl3N9O2S2. The third-order valence-electron chi connectivity index (χ3n) is 4.19. The van der Waals surface area contributed by atoms with Gasteiger partial charge in [0.25, 0.3) is 0 Å². The summed E-state index contributed by atoms with van der Waals surface area (Å²) in [6.07, 6.45) is 5.10. The van der Waals surface area contributed by atoms with Gasteiger partial charge in [-0.3, -0.25) is 0 Å². The molecule has 2 atom stereocenters. The quantitative estimate of drug-likeness (QED) is 0.250. The lowest BCUT2D eigenvalue weighted by Gasteiger charge is -2.17. The van der Waals surface area contributed by atoms with Crippen LogP contribution in [-0.4, -0.2) is 65.9 Å². The van der Waals surface area contributed by atoms with E-state index in [0.717, 1.165) is 25.7 Å². The number of hydrogen-bond acceptors (Lipinski definition) is 11. The van der Waals surface area contributed by atoms with Crippen LogP contribution in [0.1, 0.15) is 52.4 Å². The van der Waals surface area contributed by atoms with Crippen LogP contribution >= 0.6 is 61.8 Å². The summed E-state index contributed by atoms with van der Waals surface area (Å²) in [7, 11) is 0. The minimum Gasteiger partial charge on any atom is -0.396 e. The van der Waals surface area contributed by atoms with Gasteiger partial charge in [0.1, 0.15) is 0 Å². The molecular weight excluding hydrogens is 545 g/mol. The van der Waals surface area contributed by atoms with Crippen molar-refractivity contribution in [1.29, 1.82) is 0 Å². The van der Waals surface area contributed by atoms with Crippen molar-refractivity contribution < 1.29 is 10.2 Å². The molecule has 0 aliphatic carbocycles. The summed E-state index contributed by atoms with van der Waals surface area (Å²) < 4.78 is 0. The maximum Gasteiger partial charge on any atom is 0.245 e. The molecule has 196 valence electrons. The van der Waals surface area contributed by atoms with Crippen molar-refractivity contribution in [3.05, 3.63) is 15.6 Å². The Morgan fingerprint density at radius 2 is 1.18 bits per heavy atom. The zero-order chi connectivity index (χ0) is 23.9. The summed E-state index contributed by atoms with van der Waals surface area (Å²) in [6, 6.07) is 0.226. The molecule has 0 saturated carbocycles. The van der Waals surface area contributed by atoms with Crippen LogP contribution in [0.25, 0.3) is 0 Å². The minimum atomic E-state index is 0. The topological polar surface area (TPSA) is 168 Å². The van der Waals surface area contributed by atoms with Gasteiger partial charge in [0, 0.05) is 25.3 Å². The van der Waals surface area contributed by atoms with E-state index in [0.29, 0.717) is 24.5 Å². The SMILES string of the molecule is CCC[C@@H](CCO)Nc1nc(Cl)nnc1Cl.CCC[C@@H](CCO)Nc1nc(N)nnc1Cl.S.S. The predicted molar refractivity (Wildman–Crippen MR) is 148 cm³/mol. The molecule has 2 rings (SSSR count). The highest BCUT2D eigenvalue weighted by atomic mass is 35.5. The number of aromatic nitrogens is 6. The lowest BCUT2D eigenvalue weighted by Crippen LogP contribution is -2.22. The Bertz CT molecular complexity index is 738. The van der Waals surface area contributed by atoms with Gasteiger partial charge in [0.2, 0.25) is 11.2 Å². The summed E-state index contributed by atoms with van der Waals surface area (Å²) in [6.45, 7) is 4.37. The Labute approximate surface area is 228 Å². The molecule has 0 unspecified atom stereocenters. The lowest BCUT2D eigenvalue weighted by molar-refractivity contribution is 0.276. The Morgan fingerprint density at radius 1 is 0.735 bits per heavy atom. The van der Waals surface area contributed by atoms with Crippen molar-refractivity contribution >= 4 is 79.4 Å². The number of nitrogen functional groups attached to an aromatic ring is 1. The molecule has 2 aromatic heterocycles. The molecule has 0 aliphatic heterocycles. The van der Waals surface area contributed by atoms with E-state index < -0.39 is 0 Å². The number of rotatable bonds is 12. The standard InChI is InChI=1S/C9H14Cl2N4O.C9H16ClN5O.2H2S/c2*1-2-3-6(4-5-16)12-8-7(10)14-15-9(11)13-8;;/h6,16H,2-5H2,1H3,(H,12,13,15);6,16H,2-5H2,1H3,(H3,11,12,13,15);2*1H2/t2*6-;;/m00../s1. The average molecular weight is 579 g/mol. The van der Waals surface area contributed by atoms with E-state index in [1.54, 1.807) is 0 Å². The molecule has 2 heterocycles. The zero-order valence-electron chi connectivity index (χ0n) is 19.1. The second-order valence-electron chi connectivity index (χ2n) is 6.81. The molecule has 0 bridgehead atoms. The molecule has 0 radical (unpaired) electrons. The second kappa shape index (κ2) is 20.1. The monoisotopic (exact) mass is 577 g/mol. The van der Waals surface area contributed by atoms with E-state index >= 15 is 0 Å². The number of halogens is 3. The summed E-state index contributed by atoms with van der Waals surface area (Å²) in [5.41, 5.74) is 5.42. The summed E-state index contributed by atoms with van der Waals surface area (Å²) in [5, 5.41) is 38.8. The van der Waals surface area contributed by atoms with Crippen molar-refractivity contribution in [2.75, 3.05) is 29.6 Å². The molecule has 0 amide bonds. The number of aliphatic hydroxyl groups excluding tert-OH is 2. The fraction of sp³-hybridized carbons (Fsp3) is 0.667. The van der Waals surface area contributed by atoms with Gasteiger partial charge in [-0.25, -0.2) is 0 Å². The van der Waals surface area contributed by atoms with Gasteiger partial charge in [0.15, 0.2) is 21.9 Å². The predicted octanol–water partition coefficient (Wildman–Crippen LogP) is 3.44. The fourth-order valence-corrected chi connectivity index (χ4v) is 3.17. The van der Waals surface area contributed by atoms with E-state index in [9.17, 15) is 0 Å². The second-order valence-corrected chi connectivity index (χ2v) is 7.87. The molecule has 2 aromatic rings. The molecule has 34 heavy (non-hydrogen) atoms. The molecule has 16 heteroatoms. The maximum atomic E-state index is 8.92. The number of hydrogen-bond donors (Lipinski definition) is 5. The molecule has 0 fully saturated rings. The van der Waals surface area contributed by atoms with Gasteiger partial charge in [-0.2, -0.15) is 37.0 Å². The van der Waals surface area contributed by atoms with Gasteiger partial charge in [0.05, 0.1) is 0 Å². The van der Waals surface area contributed by atoms with Crippen molar-refractivity contribution in [3.63, 3.8) is 0 Å². The Balaban J connectivity index is 0. The highest BCUT2D eigenvalue weighted by Gasteiger charge is 2.13. The number of nitrogens with one attached hydrogen (secondary N) is 2. The first-order valence-corrected chi connectivity index (χ1v) is 11.4. The normalized spacial score (nSPS) is 11.7. The van der Waals surface area contributed by atoms with E-state index in [-0.39, 0.29) is 73.8 Å². The van der Waals surface area contributed by atoms with Crippen LogP contribution < -0.4 is 16.4 Å². The van der Waals surface area contributed by atoms with Crippen LogP contribution in [0.5, 0.6) is 0 Å². The van der Waals surface area contributed by atoms with Gasteiger partial charge in [-0.1, -0.05) is 49.9 Å². The van der Waals surface area contributed by atoms with Gasteiger partial charge < -0.3 is 26.6 Å². The summed E-state index contributed by atoms with van der Waals surface area (Å²) in [5.74, 6) is 0.904. The Hall–Kier alpha value is -1.09. The highest BCUT2D eigenvalue weighted by Crippen LogP contribution is 2.20. The molecule has 11 nitrogen and oxygen atoms in total. The van der Waals surface area contributed by atoms with Crippen molar-refractivity contribution in [1.82, 2.24) is 30.4 Å². The third kappa shape index (κ3) is 13.7. The van der Waals surface area contributed by atoms with Crippen molar-refractivity contribution in [3.8, 4) is 0 Å². The fourth-order valence-electron chi connectivity index (χ4n) is 2.78. The third-order valence-corrected chi connectivity index (χ3v) is 4.86. The zero-order valence-corrected chi connectivity index (χ0v) is 23.4. The van der Waals surface area contributed by atoms with Crippen LogP contribution in [-0.2, 0) is 0 Å². The summed E-state index contributed by atoms with van der Waals surface area (Å²) >= 11 is 17.3. The molecule has 0 aromatic carbocycles. The Morgan fingerprint density at radius 3 is 1.62 bits per heavy atom. The molecule has 0 spiro atoms. The van der Waals surface area contributed by atoms with Crippen LogP contribution in [0.2, 0.25) is 15.6 Å². The van der Waals surface area contributed by atoms with E-state index in [1.807, 2.05) is 0 Å². The van der Waals surface area contributed by atoms with Crippen LogP contribution in [0.15, 0.2) is 0 Å². The smallest absolute Gasteiger partial charge is 0.245 e. The average Bonchev–Trinajstić information content (AvgIpc) is 2.74. The van der Waals surface area contributed by atoms with Crippen LogP contribution in [0.3, 0.4) is 0 Å². The number of nitrogens with zero attached hydrogens (tertiary/aromatic N) is 6. The van der Waals surface area contributed by atoms with Crippen molar-refractivity contribution in [2.24, 2.45) is 0 Å². The molecule has 0 aliphatic rings. The van der Waals surface area contributed by atoms with E-state index in [4.69, 9.17) is 50.7 Å². The van der Waals surface area contributed by atoms with Gasteiger partial charge in [-0.15, -0.1) is 20.4 Å². The van der Waals surface area contributed by atoms with Crippen LogP contribution in [0.4, 0.5) is 17.6 Å². The first-order valence-electron chi connectivity index (χ1n) is 10.3. The Kier molecular flexibility index (Phi) is 20.8. The first kappa shape index (κ1) is 35.1. The number of nitrogens with two attached hydrogens (primary N) is 1. The number of aliphatic hydroxyl groups is 2. The maximum absolute atomic E-state index is 8.92. The summed E-state index contributed by atoms with van der Waals surface area (Å²) in [4.78, 5) is 7.90. The molecule has 6 N–H and O–H groups in total. The van der Waals surface area contributed by atoms with Crippen LogP contribution in [0, 0.1) is 0 Å². The number of anilines is 3. The lowest BCUT2D eigenvalue weighted by atomic mass is 10.1. The van der Waals surface area contributed by atoms with E-state index in [2.05, 4.69) is 54.8 Å². The largest absolute Gasteiger partial charge is 0.396 e. The minimum absolute atomic E-state index is 0. The first-order chi connectivity index (χ1) is 15.3. The van der Waals surface area contributed by atoms with Gasteiger partial charge >= 0.3 is 0 Å².